The van der Waals surface area contributed by atoms with Crippen molar-refractivity contribution in [3.63, 3.8) is 0 Å². The number of fused-ring (bicyclic) bond motifs is 3. The van der Waals surface area contributed by atoms with Crippen LogP contribution in [0.15, 0.2) is 53.8 Å². The maximum Gasteiger partial charge on any atom is 0.258 e. The van der Waals surface area contributed by atoms with Gasteiger partial charge in [-0.15, -0.1) is 0 Å². The zero-order chi connectivity index (χ0) is 21.3. The molecular weight excluding hydrogens is 416 g/mol. The van der Waals surface area contributed by atoms with E-state index in [2.05, 4.69) is 19.6 Å². The summed E-state index contributed by atoms with van der Waals surface area (Å²) in [5, 5.41) is 1.11. The molecule has 5 rings (SSSR count). The number of H-pyrrole nitrogens is 1. The topological polar surface area (TPSA) is 96.6 Å². The van der Waals surface area contributed by atoms with Crippen molar-refractivity contribution in [3.8, 4) is 11.5 Å². The van der Waals surface area contributed by atoms with Gasteiger partial charge in [-0.2, -0.15) is 0 Å². The number of ether oxygens (including phenoxy) is 2. The monoisotopic (exact) mass is 442 g/mol. The molecule has 3 aromatic rings. The van der Waals surface area contributed by atoms with Gasteiger partial charge in [-0.1, -0.05) is 6.07 Å². The van der Waals surface area contributed by atoms with Crippen LogP contribution in [0.5, 0.6) is 11.5 Å². The molecular formula is C22H26N4O4S. The first kappa shape index (κ1) is 20.3. The Morgan fingerprint density at radius 1 is 1.16 bits per heavy atom. The Labute approximate surface area is 181 Å². The minimum Gasteiger partial charge on any atom is -0.486 e. The second-order valence-electron chi connectivity index (χ2n) is 8.15. The van der Waals surface area contributed by atoms with E-state index in [9.17, 15) is 8.42 Å². The Hall–Kier alpha value is -2.62. The number of pyridine rings is 1. The Bertz CT molecular complexity index is 1140. The van der Waals surface area contributed by atoms with E-state index in [1.165, 1.54) is 12.3 Å². The molecule has 1 saturated heterocycles. The molecule has 9 heteroatoms. The number of benzene rings is 1. The number of nitrogens with one attached hydrogen (secondary N) is 2. The van der Waals surface area contributed by atoms with Crippen LogP contribution in [0.4, 0.5) is 0 Å². The fourth-order valence-corrected chi connectivity index (χ4v) is 5.32. The highest BCUT2D eigenvalue weighted by Gasteiger charge is 2.28. The lowest BCUT2D eigenvalue weighted by molar-refractivity contribution is 0.0495. The highest BCUT2D eigenvalue weighted by Crippen LogP contribution is 2.38. The van der Waals surface area contributed by atoms with E-state index in [4.69, 9.17) is 9.47 Å². The molecule has 2 aromatic heterocycles. The number of aromatic amines is 1. The van der Waals surface area contributed by atoms with Gasteiger partial charge in [0.2, 0.25) is 0 Å². The van der Waals surface area contributed by atoms with Crippen molar-refractivity contribution in [2.45, 2.75) is 24.0 Å². The van der Waals surface area contributed by atoms with Crippen LogP contribution in [-0.4, -0.2) is 62.2 Å². The number of likely N-dealkylation sites (tertiary alicyclic amines) is 1. The molecule has 1 aromatic carbocycles. The first-order valence-corrected chi connectivity index (χ1v) is 12.1. The van der Waals surface area contributed by atoms with Gasteiger partial charge < -0.3 is 14.5 Å². The molecule has 1 atom stereocenters. The van der Waals surface area contributed by atoms with Crippen LogP contribution in [0.25, 0.3) is 10.9 Å². The van der Waals surface area contributed by atoms with E-state index < -0.39 is 10.0 Å². The third kappa shape index (κ3) is 4.39. The van der Waals surface area contributed by atoms with Gasteiger partial charge in [0.25, 0.3) is 10.0 Å². The first-order valence-electron chi connectivity index (χ1n) is 10.6. The van der Waals surface area contributed by atoms with Crippen molar-refractivity contribution in [2.24, 2.45) is 5.92 Å². The first-order chi connectivity index (χ1) is 15.1. The predicted octanol–water partition coefficient (Wildman–Crippen LogP) is 2.39. The van der Waals surface area contributed by atoms with Crippen molar-refractivity contribution in [1.82, 2.24) is 19.6 Å². The molecule has 0 radical (unpaired) electrons. The number of hydrogen-bond acceptors (Lipinski definition) is 6. The Balaban J connectivity index is 1.12. The fraction of sp³-hybridized carbons (Fsp3) is 0.409. The number of aromatic nitrogens is 2. The minimum atomic E-state index is -3.55. The summed E-state index contributed by atoms with van der Waals surface area (Å²) in [6.07, 6.45) is 5.26. The SMILES string of the molecule is O=S(=O)(NCC1CCN(C[C@H]2COc3ccc4[nH]ccc4c3O2)CC1)c1ccccn1. The van der Waals surface area contributed by atoms with Crippen molar-refractivity contribution < 1.29 is 17.9 Å². The Morgan fingerprint density at radius 2 is 2.03 bits per heavy atom. The molecule has 0 spiro atoms. The van der Waals surface area contributed by atoms with Crippen LogP contribution < -0.4 is 14.2 Å². The zero-order valence-corrected chi connectivity index (χ0v) is 18.0. The van der Waals surface area contributed by atoms with Crippen LogP contribution in [0.2, 0.25) is 0 Å². The van der Waals surface area contributed by atoms with Crippen LogP contribution in [-0.2, 0) is 10.0 Å². The van der Waals surface area contributed by atoms with Gasteiger partial charge in [0, 0.05) is 36.4 Å². The van der Waals surface area contributed by atoms with Crippen molar-refractivity contribution in [1.29, 1.82) is 0 Å². The number of piperidine rings is 1. The maximum absolute atomic E-state index is 12.4. The molecule has 8 nitrogen and oxygen atoms in total. The molecule has 2 N–H and O–H groups in total. The molecule has 1 fully saturated rings. The Kier molecular flexibility index (Phi) is 5.56. The third-order valence-corrected chi connectivity index (χ3v) is 7.34. The second-order valence-corrected chi connectivity index (χ2v) is 9.86. The summed E-state index contributed by atoms with van der Waals surface area (Å²) in [5.41, 5.74) is 1.04. The smallest absolute Gasteiger partial charge is 0.258 e. The van der Waals surface area contributed by atoms with Gasteiger partial charge in [-0.05, 0) is 62.2 Å². The van der Waals surface area contributed by atoms with Crippen LogP contribution in [0.3, 0.4) is 0 Å². The van der Waals surface area contributed by atoms with E-state index in [1.807, 2.05) is 24.4 Å². The minimum absolute atomic E-state index is 0.0211. The van der Waals surface area contributed by atoms with E-state index in [1.54, 1.807) is 12.1 Å². The third-order valence-electron chi connectivity index (χ3n) is 6.00. The zero-order valence-electron chi connectivity index (χ0n) is 17.2. The van der Waals surface area contributed by atoms with Gasteiger partial charge >= 0.3 is 0 Å². The molecule has 4 heterocycles. The molecule has 2 aliphatic heterocycles. The summed E-state index contributed by atoms with van der Waals surface area (Å²) in [4.78, 5) is 9.52. The molecule has 164 valence electrons. The summed E-state index contributed by atoms with van der Waals surface area (Å²) in [6.45, 7) is 3.60. The highest BCUT2D eigenvalue weighted by molar-refractivity contribution is 7.89. The number of rotatable bonds is 6. The van der Waals surface area contributed by atoms with E-state index >= 15 is 0 Å². The van der Waals surface area contributed by atoms with Gasteiger partial charge in [-0.25, -0.2) is 18.1 Å². The molecule has 0 aliphatic carbocycles. The maximum atomic E-state index is 12.4. The lowest BCUT2D eigenvalue weighted by Gasteiger charge is -2.35. The molecule has 0 amide bonds. The van der Waals surface area contributed by atoms with E-state index in [-0.39, 0.29) is 11.1 Å². The van der Waals surface area contributed by atoms with E-state index in [0.29, 0.717) is 19.1 Å². The lowest BCUT2D eigenvalue weighted by Crippen LogP contribution is -2.45. The quantitative estimate of drug-likeness (QED) is 0.609. The summed E-state index contributed by atoms with van der Waals surface area (Å²) in [7, 11) is -3.55. The predicted molar refractivity (Wildman–Crippen MR) is 117 cm³/mol. The molecule has 0 unspecified atom stereocenters. The summed E-state index contributed by atoms with van der Waals surface area (Å²) >= 11 is 0. The fourth-order valence-electron chi connectivity index (χ4n) is 4.26. The van der Waals surface area contributed by atoms with Crippen LogP contribution in [0, 0.1) is 5.92 Å². The molecule has 0 saturated carbocycles. The largest absolute Gasteiger partial charge is 0.486 e. The van der Waals surface area contributed by atoms with Crippen molar-refractivity contribution in [3.05, 3.63) is 48.8 Å². The number of sulfonamides is 1. The average molecular weight is 443 g/mol. The second kappa shape index (κ2) is 8.49. The van der Waals surface area contributed by atoms with Gasteiger partial charge in [-0.3, -0.25) is 4.90 Å². The van der Waals surface area contributed by atoms with Gasteiger partial charge in [0.05, 0.1) is 0 Å². The highest BCUT2D eigenvalue weighted by atomic mass is 32.2. The van der Waals surface area contributed by atoms with Gasteiger partial charge in [0.1, 0.15) is 12.7 Å². The molecule has 2 aliphatic rings. The summed E-state index contributed by atoms with van der Waals surface area (Å²) < 4.78 is 39.7. The van der Waals surface area contributed by atoms with E-state index in [0.717, 1.165) is 54.9 Å². The van der Waals surface area contributed by atoms with Gasteiger partial charge in [0.15, 0.2) is 16.5 Å². The lowest BCUT2D eigenvalue weighted by atomic mass is 9.97. The van der Waals surface area contributed by atoms with Crippen molar-refractivity contribution in [2.75, 3.05) is 32.8 Å². The van der Waals surface area contributed by atoms with Crippen LogP contribution >= 0.6 is 0 Å². The molecule has 0 bridgehead atoms. The Morgan fingerprint density at radius 3 is 2.84 bits per heavy atom. The summed E-state index contributed by atoms with van der Waals surface area (Å²) in [6, 6.07) is 10.9. The number of hydrogen-bond donors (Lipinski definition) is 2. The number of nitrogens with zero attached hydrogens (tertiary/aromatic N) is 2. The standard InChI is InChI=1S/C22H26N4O4S/c27-31(28,21-3-1-2-9-24-21)25-13-16-7-11-26(12-8-16)14-17-15-29-20-5-4-19-18(6-10-23-19)22(20)30-17/h1-6,9-10,16-17,23,25H,7-8,11-15H2/t17-/m0/s1. The molecule has 31 heavy (non-hydrogen) atoms. The normalized spacial score (nSPS) is 20.2. The average Bonchev–Trinajstić information content (AvgIpc) is 3.29. The summed E-state index contributed by atoms with van der Waals surface area (Å²) in [5.74, 6) is 1.93. The van der Waals surface area contributed by atoms with Crippen LogP contribution in [0.1, 0.15) is 12.8 Å². The van der Waals surface area contributed by atoms with Crippen molar-refractivity contribution >= 4 is 20.9 Å².